The van der Waals surface area contributed by atoms with Gasteiger partial charge in [-0.3, -0.25) is 4.90 Å². The van der Waals surface area contributed by atoms with Crippen LogP contribution in [-0.4, -0.2) is 29.2 Å². The first kappa shape index (κ1) is 13.5. The number of thiophene rings is 1. The van der Waals surface area contributed by atoms with E-state index in [0.29, 0.717) is 6.04 Å². The molecular formula is C12H16ClN3OS. The molecule has 0 bridgehead atoms. The number of likely N-dealkylation sites (tertiary alicyclic amines) is 1. The molecule has 6 heteroatoms. The van der Waals surface area contributed by atoms with Crippen molar-refractivity contribution in [3.63, 3.8) is 0 Å². The number of hydrogen-bond acceptors (Lipinski definition) is 5. The third-order valence-corrected chi connectivity index (χ3v) is 3.90. The van der Waals surface area contributed by atoms with Crippen LogP contribution in [0.25, 0.3) is 10.6 Å². The van der Waals surface area contributed by atoms with E-state index >= 15 is 0 Å². The van der Waals surface area contributed by atoms with Crippen molar-refractivity contribution < 1.29 is 4.52 Å². The van der Waals surface area contributed by atoms with Gasteiger partial charge in [-0.25, -0.2) is 0 Å². The Hall–Kier alpha value is -0.880. The first-order chi connectivity index (χ1) is 8.31. The molecule has 0 amide bonds. The van der Waals surface area contributed by atoms with Gasteiger partial charge in [0.15, 0.2) is 5.76 Å². The summed E-state index contributed by atoms with van der Waals surface area (Å²) < 4.78 is 5.35. The molecule has 4 nitrogen and oxygen atoms in total. The summed E-state index contributed by atoms with van der Waals surface area (Å²) >= 11 is 1.67. The normalized spacial score (nSPS) is 19.9. The van der Waals surface area contributed by atoms with E-state index in [0.717, 1.165) is 42.4 Å². The van der Waals surface area contributed by atoms with Crippen molar-refractivity contribution in [1.82, 2.24) is 10.1 Å². The fourth-order valence-electron chi connectivity index (χ4n) is 2.16. The molecule has 3 heterocycles. The van der Waals surface area contributed by atoms with Gasteiger partial charge in [0, 0.05) is 31.7 Å². The van der Waals surface area contributed by atoms with Crippen LogP contribution in [0, 0.1) is 0 Å². The zero-order valence-corrected chi connectivity index (χ0v) is 11.5. The highest BCUT2D eigenvalue weighted by atomic mass is 35.5. The first-order valence-electron chi connectivity index (χ1n) is 5.78. The summed E-state index contributed by atoms with van der Waals surface area (Å²) in [5.41, 5.74) is 6.87. The second-order valence-electron chi connectivity index (χ2n) is 4.44. The maximum Gasteiger partial charge on any atom is 0.177 e. The molecule has 0 saturated carbocycles. The van der Waals surface area contributed by atoms with Crippen molar-refractivity contribution in [2.24, 2.45) is 5.73 Å². The predicted octanol–water partition coefficient (Wildman–Crippen LogP) is 2.36. The predicted molar refractivity (Wildman–Crippen MR) is 74.9 cm³/mol. The van der Waals surface area contributed by atoms with E-state index in [1.807, 2.05) is 23.6 Å². The lowest BCUT2D eigenvalue weighted by molar-refractivity contribution is 0.311. The second kappa shape index (κ2) is 5.84. The van der Waals surface area contributed by atoms with Crippen LogP contribution in [0.4, 0.5) is 0 Å². The maximum absolute atomic E-state index is 5.88. The van der Waals surface area contributed by atoms with Crippen molar-refractivity contribution in [1.29, 1.82) is 0 Å². The summed E-state index contributed by atoms with van der Waals surface area (Å²) in [7, 11) is 0. The number of aromatic nitrogens is 1. The third kappa shape index (κ3) is 2.92. The molecule has 0 aromatic carbocycles. The van der Waals surface area contributed by atoms with Crippen molar-refractivity contribution in [3.8, 4) is 10.6 Å². The van der Waals surface area contributed by atoms with Crippen LogP contribution in [-0.2, 0) is 6.54 Å². The Labute approximate surface area is 116 Å². The second-order valence-corrected chi connectivity index (χ2v) is 5.39. The zero-order valence-electron chi connectivity index (χ0n) is 9.91. The van der Waals surface area contributed by atoms with Gasteiger partial charge in [0.05, 0.1) is 10.6 Å². The maximum atomic E-state index is 5.88. The minimum absolute atomic E-state index is 0. The lowest BCUT2D eigenvalue weighted by Gasteiger charge is -2.11. The SMILES string of the molecule is Cl.N[C@H]1CCN(Cc2cc(-c3cccs3)on2)C1. The number of hydrogen-bond donors (Lipinski definition) is 1. The molecule has 0 spiro atoms. The van der Waals surface area contributed by atoms with Gasteiger partial charge >= 0.3 is 0 Å². The Balaban J connectivity index is 0.00000120. The highest BCUT2D eigenvalue weighted by Crippen LogP contribution is 2.25. The minimum Gasteiger partial charge on any atom is -0.355 e. The molecule has 1 saturated heterocycles. The van der Waals surface area contributed by atoms with E-state index in [9.17, 15) is 0 Å². The van der Waals surface area contributed by atoms with E-state index in [4.69, 9.17) is 10.3 Å². The zero-order chi connectivity index (χ0) is 11.7. The Morgan fingerprint density at radius 2 is 2.44 bits per heavy atom. The largest absolute Gasteiger partial charge is 0.355 e. The summed E-state index contributed by atoms with van der Waals surface area (Å²) in [6.45, 7) is 2.85. The molecule has 98 valence electrons. The van der Waals surface area contributed by atoms with Gasteiger partial charge in [0.1, 0.15) is 0 Å². The quantitative estimate of drug-likeness (QED) is 0.941. The summed E-state index contributed by atoms with van der Waals surface area (Å²) in [4.78, 5) is 3.45. The standard InChI is InChI=1S/C12H15N3OS.ClH/c13-9-3-4-15(7-9)8-10-6-11(16-14-10)12-2-1-5-17-12;/h1-2,5-6,9H,3-4,7-8,13H2;1H/t9-;/m0./s1. The van der Waals surface area contributed by atoms with Crippen LogP contribution in [0.3, 0.4) is 0 Å². The Kier molecular flexibility index (Phi) is 4.40. The number of nitrogens with two attached hydrogens (primary N) is 1. The molecule has 0 unspecified atom stereocenters. The molecule has 1 atom stereocenters. The lowest BCUT2D eigenvalue weighted by Crippen LogP contribution is -2.26. The van der Waals surface area contributed by atoms with E-state index < -0.39 is 0 Å². The van der Waals surface area contributed by atoms with Gasteiger partial charge in [-0.2, -0.15) is 0 Å². The highest BCUT2D eigenvalue weighted by Gasteiger charge is 2.20. The average molecular weight is 286 g/mol. The van der Waals surface area contributed by atoms with E-state index in [1.54, 1.807) is 11.3 Å². The topological polar surface area (TPSA) is 55.3 Å². The first-order valence-corrected chi connectivity index (χ1v) is 6.66. The Morgan fingerprint density at radius 1 is 1.56 bits per heavy atom. The van der Waals surface area contributed by atoms with Gasteiger partial charge in [-0.05, 0) is 17.9 Å². The summed E-state index contributed by atoms with van der Waals surface area (Å²) in [6, 6.07) is 6.40. The van der Waals surface area contributed by atoms with Gasteiger partial charge < -0.3 is 10.3 Å². The fourth-order valence-corrected chi connectivity index (χ4v) is 2.83. The van der Waals surface area contributed by atoms with Crippen LogP contribution >= 0.6 is 23.7 Å². The van der Waals surface area contributed by atoms with E-state index in [-0.39, 0.29) is 12.4 Å². The summed E-state index contributed by atoms with van der Waals surface area (Å²) in [5, 5.41) is 6.15. The van der Waals surface area contributed by atoms with Crippen LogP contribution < -0.4 is 5.73 Å². The smallest absolute Gasteiger partial charge is 0.177 e. The van der Waals surface area contributed by atoms with Gasteiger partial charge in [0.2, 0.25) is 0 Å². The minimum atomic E-state index is 0. The molecule has 2 aromatic rings. The van der Waals surface area contributed by atoms with Crippen molar-refractivity contribution in [2.75, 3.05) is 13.1 Å². The molecule has 2 aromatic heterocycles. The van der Waals surface area contributed by atoms with Gasteiger partial charge in [-0.1, -0.05) is 11.2 Å². The van der Waals surface area contributed by atoms with Crippen molar-refractivity contribution in [2.45, 2.75) is 19.0 Å². The number of halogens is 1. The van der Waals surface area contributed by atoms with Crippen LogP contribution in [0.1, 0.15) is 12.1 Å². The van der Waals surface area contributed by atoms with Gasteiger partial charge in [0.25, 0.3) is 0 Å². The molecule has 0 aliphatic carbocycles. The molecule has 1 aliphatic heterocycles. The molecule has 1 aliphatic rings. The van der Waals surface area contributed by atoms with Crippen LogP contribution in [0.15, 0.2) is 28.1 Å². The fraction of sp³-hybridized carbons (Fsp3) is 0.417. The summed E-state index contributed by atoms with van der Waals surface area (Å²) in [5.74, 6) is 0.860. The monoisotopic (exact) mass is 285 g/mol. The molecule has 0 radical (unpaired) electrons. The van der Waals surface area contributed by atoms with Crippen LogP contribution in [0.5, 0.6) is 0 Å². The third-order valence-electron chi connectivity index (χ3n) is 3.02. The molecule has 2 N–H and O–H groups in total. The van der Waals surface area contributed by atoms with E-state index in [1.165, 1.54) is 0 Å². The molecular weight excluding hydrogens is 270 g/mol. The van der Waals surface area contributed by atoms with Gasteiger partial charge in [-0.15, -0.1) is 23.7 Å². The molecule has 3 rings (SSSR count). The Bertz CT molecular complexity index is 485. The molecule has 18 heavy (non-hydrogen) atoms. The van der Waals surface area contributed by atoms with Crippen molar-refractivity contribution >= 4 is 23.7 Å². The van der Waals surface area contributed by atoms with E-state index in [2.05, 4.69) is 10.1 Å². The number of rotatable bonds is 3. The summed E-state index contributed by atoms with van der Waals surface area (Å²) in [6.07, 6.45) is 1.08. The van der Waals surface area contributed by atoms with Crippen molar-refractivity contribution in [3.05, 3.63) is 29.3 Å². The van der Waals surface area contributed by atoms with Crippen LogP contribution in [0.2, 0.25) is 0 Å². The Morgan fingerprint density at radius 3 is 3.11 bits per heavy atom. The number of nitrogens with zero attached hydrogens (tertiary/aromatic N) is 2. The molecule has 1 fully saturated rings. The highest BCUT2D eigenvalue weighted by molar-refractivity contribution is 7.13. The lowest BCUT2D eigenvalue weighted by atomic mass is 10.3. The average Bonchev–Trinajstić information content (AvgIpc) is 3.00.